The van der Waals surface area contributed by atoms with Crippen LogP contribution >= 0.6 is 0 Å². The summed E-state index contributed by atoms with van der Waals surface area (Å²) < 4.78 is 0.925. The van der Waals surface area contributed by atoms with E-state index in [9.17, 15) is 4.79 Å². The van der Waals surface area contributed by atoms with Gasteiger partial charge in [0.25, 0.3) is 5.56 Å². The third-order valence-corrected chi connectivity index (χ3v) is 1.59. The van der Waals surface area contributed by atoms with E-state index in [1.165, 1.54) is 18.5 Å². The minimum atomic E-state index is -0.266. The number of nitrogens with zero attached hydrogens (tertiary/aromatic N) is 2. The number of hydrogen-bond donors (Lipinski definition) is 1. The highest BCUT2D eigenvalue weighted by molar-refractivity contribution is 5.57. The molecule has 0 spiro atoms. The van der Waals surface area contributed by atoms with Crippen molar-refractivity contribution >= 4 is 0 Å². The molecule has 0 unspecified atom stereocenters. The lowest BCUT2D eigenvalue weighted by atomic mass is 10.2. The van der Waals surface area contributed by atoms with Crippen molar-refractivity contribution in [3.8, 4) is 11.3 Å². The van der Waals surface area contributed by atoms with Crippen LogP contribution in [-0.2, 0) is 0 Å². The Balaban J connectivity index is 2.80. The minimum Gasteiger partial charge on any atom is -0.429 e. The number of pyridine rings is 2. The Bertz CT molecular complexity index is 436. The summed E-state index contributed by atoms with van der Waals surface area (Å²) in [6, 6.07) is 4.57. The van der Waals surface area contributed by atoms with Gasteiger partial charge >= 0.3 is 0 Å². The maximum absolute atomic E-state index is 10.8. The van der Waals surface area contributed by atoms with E-state index in [2.05, 4.69) is 4.98 Å². The minimum absolute atomic E-state index is 0.266. The Morgan fingerprint density at radius 3 is 3.00 bits per heavy atom. The summed E-state index contributed by atoms with van der Waals surface area (Å²) in [4.78, 5) is 14.5. The maximum Gasteiger partial charge on any atom is 0.270 e. The van der Waals surface area contributed by atoms with Crippen LogP contribution in [-0.4, -0.2) is 14.9 Å². The molecule has 2 rings (SSSR count). The van der Waals surface area contributed by atoms with E-state index in [0.717, 1.165) is 10.3 Å². The second-order valence-corrected chi connectivity index (χ2v) is 2.45. The third-order valence-electron chi connectivity index (χ3n) is 1.59. The van der Waals surface area contributed by atoms with Crippen LogP contribution in [0.25, 0.3) is 11.3 Å². The van der Waals surface area contributed by atoms with Gasteiger partial charge in [-0.05, 0) is 12.1 Å². The van der Waals surface area contributed by atoms with Gasteiger partial charge < -0.3 is 5.21 Å². The lowest BCUT2D eigenvalue weighted by Crippen LogP contribution is -2.06. The van der Waals surface area contributed by atoms with Gasteiger partial charge in [0.2, 0.25) is 0 Å². The van der Waals surface area contributed by atoms with E-state index in [0.29, 0.717) is 5.69 Å². The summed E-state index contributed by atoms with van der Waals surface area (Å²) in [6.07, 6.45) is 2.91. The molecule has 0 aliphatic carbocycles. The summed E-state index contributed by atoms with van der Waals surface area (Å²) in [7, 11) is 0. The van der Waals surface area contributed by atoms with Gasteiger partial charge in [-0.2, -0.15) is 0 Å². The van der Waals surface area contributed by atoms with Crippen molar-refractivity contribution in [1.29, 1.82) is 0 Å². The largest absolute Gasteiger partial charge is 0.429 e. The fourth-order valence-electron chi connectivity index (χ4n) is 1.04. The van der Waals surface area contributed by atoms with Crippen molar-refractivity contribution in [2.75, 3.05) is 0 Å². The molecule has 60 valence electrons. The molecule has 4 heteroatoms. The SMILES string of the molecule is O=c1ccc2cn(O)ccc-2n1. The summed E-state index contributed by atoms with van der Waals surface area (Å²) in [6.45, 7) is 0. The van der Waals surface area contributed by atoms with Crippen LogP contribution in [0.1, 0.15) is 0 Å². The molecule has 4 nitrogen and oxygen atoms in total. The normalized spacial score (nSPS) is 10.3. The molecular formula is C8H6N2O2. The first kappa shape index (κ1) is 6.84. The van der Waals surface area contributed by atoms with Gasteiger partial charge in [-0.25, -0.2) is 9.71 Å². The summed E-state index contributed by atoms with van der Waals surface area (Å²) in [5.41, 5.74) is 1.06. The third kappa shape index (κ3) is 1.03. The van der Waals surface area contributed by atoms with E-state index in [1.807, 2.05) is 0 Å². The molecule has 0 atom stereocenters. The zero-order chi connectivity index (χ0) is 8.55. The zero-order valence-electron chi connectivity index (χ0n) is 6.14. The molecule has 12 heavy (non-hydrogen) atoms. The molecule has 0 aromatic rings. The molecule has 0 bridgehead atoms. The molecule has 2 aliphatic heterocycles. The van der Waals surface area contributed by atoms with Gasteiger partial charge in [0.1, 0.15) is 0 Å². The van der Waals surface area contributed by atoms with Crippen molar-refractivity contribution in [3.63, 3.8) is 0 Å². The molecule has 1 N–H and O–H groups in total. The predicted molar refractivity (Wildman–Crippen MR) is 42.3 cm³/mol. The van der Waals surface area contributed by atoms with Crippen molar-refractivity contribution in [2.45, 2.75) is 0 Å². The van der Waals surface area contributed by atoms with Crippen LogP contribution in [0.15, 0.2) is 35.4 Å². The van der Waals surface area contributed by atoms with Gasteiger partial charge in [0, 0.05) is 17.8 Å². The summed E-state index contributed by atoms with van der Waals surface area (Å²) in [5, 5.41) is 9.01. The van der Waals surface area contributed by atoms with Crippen LogP contribution in [0.5, 0.6) is 0 Å². The quantitative estimate of drug-likeness (QED) is 0.576. The predicted octanol–water partition coefficient (Wildman–Crippen LogP) is 0.585. The Morgan fingerprint density at radius 1 is 1.33 bits per heavy atom. The standard InChI is InChI=1S/C8H6N2O2/c11-8-2-1-6-5-10(12)4-3-7(6)9-8/h1-5,12H. The van der Waals surface area contributed by atoms with Crippen molar-refractivity contribution in [2.24, 2.45) is 0 Å². The van der Waals surface area contributed by atoms with Gasteiger partial charge in [-0.15, -0.1) is 0 Å². The first-order chi connectivity index (χ1) is 5.75. The molecule has 0 amide bonds. The molecule has 0 saturated carbocycles. The fourth-order valence-corrected chi connectivity index (χ4v) is 1.04. The molecular weight excluding hydrogens is 156 g/mol. The highest BCUT2D eigenvalue weighted by Crippen LogP contribution is 2.14. The smallest absolute Gasteiger partial charge is 0.270 e. The van der Waals surface area contributed by atoms with Gasteiger partial charge in [0.15, 0.2) is 0 Å². The fraction of sp³-hybridized carbons (Fsp3) is 0. The van der Waals surface area contributed by atoms with Crippen molar-refractivity contribution in [1.82, 2.24) is 9.71 Å². The van der Waals surface area contributed by atoms with Gasteiger partial charge in [-0.1, -0.05) is 0 Å². The Hall–Kier alpha value is -1.84. The van der Waals surface area contributed by atoms with E-state index in [-0.39, 0.29) is 5.56 Å². The lowest BCUT2D eigenvalue weighted by Gasteiger charge is -2.03. The van der Waals surface area contributed by atoms with E-state index in [1.54, 1.807) is 12.1 Å². The second-order valence-electron chi connectivity index (χ2n) is 2.45. The maximum atomic E-state index is 10.8. The average molecular weight is 162 g/mol. The first-order valence-corrected chi connectivity index (χ1v) is 3.44. The highest BCUT2D eigenvalue weighted by atomic mass is 16.5. The molecule has 0 aromatic heterocycles. The number of rotatable bonds is 0. The molecule has 0 radical (unpaired) electrons. The lowest BCUT2D eigenvalue weighted by molar-refractivity contribution is 0.184. The highest BCUT2D eigenvalue weighted by Gasteiger charge is 2.02. The second kappa shape index (κ2) is 2.34. The average Bonchev–Trinajstić information content (AvgIpc) is 2.05. The zero-order valence-corrected chi connectivity index (χ0v) is 6.14. The van der Waals surface area contributed by atoms with Crippen LogP contribution < -0.4 is 5.56 Å². The number of hydrogen-bond acceptors (Lipinski definition) is 3. The summed E-state index contributed by atoms with van der Waals surface area (Å²) in [5.74, 6) is 0. The number of fused-ring (bicyclic) bond motifs is 1. The van der Waals surface area contributed by atoms with Crippen LogP contribution in [0.4, 0.5) is 0 Å². The van der Waals surface area contributed by atoms with Gasteiger partial charge in [-0.3, -0.25) is 4.79 Å². The van der Waals surface area contributed by atoms with Gasteiger partial charge in [0.05, 0.1) is 11.9 Å². The molecule has 2 heterocycles. The Labute approximate surface area is 68.0 Å². The van der Waals surface area contributed by atoms with Crippen LogP contribution in [0.2, 0.25) is 0 Å². The Kier molecular flexibility index (Phi) is 1.33. The van der Waals surface area contributed by atoms with E-state index >= 15 is 0 Å². The first-order valence-electron chi connectivity index (χ1n) is 3.44. The van der Waals surface area contributed by atoms with Crippen LogP contribution in [0.3, 0.4) is 0 Å². The molecule has 0 saturated heterocycles. The topological polar surface area (TPSA) is 55.1 Å². The molecule has 2 aliphatic rings. The Morgan fingerprint density at radius 2 is 2.17 bits per heavy atom. The summed E-state index contributed by atoms with van der Waals surface area (Å²) >= 11 is 0. The van der Waals surface area contributed by atoms with Crippen molar-refractivity contribution in [3.05, 3.63) is 40.9 Å². The van der Waals surface area contributed by atoms with E-state index in [4.69, 9.17) is 5.21 Å². The van der Waals surface area contributed by atoms with Crippen LogP contribution in [0, 0.1) is 0 Å². The monoisotopic (exact) mass is 162 g/mol. The molecule has 0 fully saturated rings. The van der Waals surface area contributed by atoms with Crippen molar-refractivity contribution < 1.29 is 5.21 Å². The molecule has 0 aromatic carbocycles. The number of aromatic nitrogens is 2. The van der Waals surface area contributed by atoms with E-state index < -0.39 is 0 Å².